The van der Waals surface area contributed by atoms with Gasteiger partial charge in [0.1, 0.15) is 11.5 Å². The second-order valence-corrected chi connectivity index (χ2v) is 5.16. The highest BCUT2D eigenvalue weighted by Gasteiger charge is 2.32. The molecule has 1 N–H and O–H groups in total. The monoisotopic (exact) mass is 304 g/mol. The summed E-state index contributed by atoms with van der Waals surface area (Å²) < 4.78 is 42.1. The number of aromatic hydroxyl groups is 1. The fourth-order valence-electron chi connectivity index (χ4n) is 2.42. The van der Waals surface area contributed by atoms with Gasteiger partial charge >= 0.3 is 6.18 Å². The van der Waals surface area contributed by atoms with Crippen LogP contribution in [0, 0.1) is 0 Å². The van der Waals surface area contributed by atoms with E-state index in [4.69, 9.17) is 4.74 Å². The van der Waals surface area contributed by atoms with E-state index in [1.54, 1.807) is 25.3 Å². The number of benzene rings is 1. The molecule has 0 unspecified atom stereocenters. The van der Waals surface area contributed by atoms with Crippen LogP contribution >= 0.6 is 0 Å². The smallest absolute Gasteiger partial charge is 0.401 e. The highest BCUT2D eigenvalue weighted by molar-refractivity contribution is 5.39. The summed E-state index contributed by atoms with van der Waals surface area (Å²) in [6, 6.07) is 4.98. The third-order valence-corrected chi connectivity index (χ3v) is 3.55. The summed E-state index contributed by atoms with van der Waals surface area (Å²) in [6.07, 6.45) is -4.15. The highest BCUT2D eigenvalue weighted by atomic mass is 19.4. The molecule has 0 atom stereocenters. The van der Waals surface area contributed by atoms with Gasteiger partial charge in [0.2, 0.25) is 0 Å². The molecule has 0 saturated carbocycles. The molecule has 0 bridgehead atoms. The number of phenolic OH excluding ortho intramolecular Hbond substituents is 1. The Hall–Kier alpha value is -1.47. The number of ether oxygens (including phenoxy) is 1. The van der Waals surface area contributed by atoms with Crippen molar-refractivity contribution in [3.05, 3.63) is 23.8 Å². The Morgan fingerprint density at radius 2 is 1.76 bits per heavy atom. The minimum Gasteiger partial charge on any atom is -0.508 e. The average Bonchev–Trinajstić information content (AvgIpc) is 2.42. The lowest BCUT2D eigenvalue weighted by atomic mass is 10.1. The van der Waals surface area contributed by atoms with Crippen molar-refractivity contribution in [2.75, 3.05) is 39.8 Å². The number of rotatable bonds is 4. The molecular weight excluding hydrogens is 285 g/mol. The van der Waals surface area contributed by atoms with Crippen LogP contribution in [0.4, 0.5) is 13.2 Å². The molecule has 1 heterocycles. The van der Waals surface area contributed by atoms with E-state index in [1.807, 2.05) is 4.90 Å². The zero-order valence-electron chi connectivity index (χ0n) is 11.9. The summed E-state index contributed by atoms with van der Waals surface area (Å²) >= 11 is 0. The minimum absolute atomic E-state index is 0.175. The molecule has 1 fully saturated rings. The Balaban J connectivity index is 1.89. The number of hydrogen-bond acceptors (Lipinski definition) is 4. The summed E-state index contributed by atoms with van der Waals surface area (Å²) in [7, 11) is 1.55. The maximum absolute atomic E-state index is 12.3. The first kappa shape index (κ1) is 15.9. The molecule has 1 saturated heterocycles. The second-order valence-electron chi connectivity index (χ2n) is 5.16. The average molecular weight is 304 g/mol. The standard InChI is InChI=1S/C14H19F3N2O2/c1-21-12-2-3-13(20)11(8-12)9-18-4-6-19(7-5-18)10-14(15,16)17/h2-3,8,20H,4-7,9-10H2,1H3. The van der Waals surface area contributed by atoms with Crippen LogP contribution in [-0.2, 0) is 6.54 Å². The van der Waals surface area contributed by atoms with Crippen molar-refractivity contribution >= 4 is 0 Å². The van der Waals surface area contributed by atoms with Crippen LogP contribution in [0.3, 0.4) is 0 Å². The molecule has 0 aromatic heterocycles. The van der Waals surface area contributed by atoms with Crippen molar-refractivity contribution in [3.8, 4) is 11.5 Å². The number of phenols is 1. The summed E-state index contributed by atoms with van der Waals surface area (Å²) in [5.41, 5.74) is 0.721. The summed E-state index contributed by atoms with van der Waals surface area (Å²) in [6.45, 7) is 1.50. The van der Waals surface area contributed by atoms with Crippen LogP contribution in [0.25, 0.3) is 0 Å². The zero-order valence-corrected chi connectivity index (χ0v) is 11.9. The van der Waals surface area contributed by atoms with E-state index in [2.05, 4.69) is 0 Å². The molecule has 0 amide bonds. The van der Waals surface area contributed by atoms with Gasteiger partial charge in [-0.3, -0.25) is 9.80 Å². The van der Waals surface area contributed by atoms with E-state index >= 15 is 0 Å². The van der Waals surface area contributed by atoms with Gasteiger partial charge in [-0.25, -0.2) is 0 Å². The number of halogens is 3. The normalized spacial score (nSPS) is 17.9. The molecule has 7 heteroatoms. The first-order chi connectivity index (χ1) is 9.87. The molecule has 118 valence electrons. The van der Waals surface area contributed by atoms with Gasteiger partial charge in [-0.2, -0.15) is 13.2 Å². The van der Waals surface area contributed by atoms with Crippen LogP contribution in [0.15, 0.2) is 18.2 Å². The number of hydrogen-bond donors (Lipinski definition) is 1. The number of nitrogens with zero attached hydrogens (tertiary/aromatic N) is 2. The third kappa shape index (κ3) is 4.78. The predicted octanol–water partition coefficient (Wildman–Crippen LogP) is 2.08. The van der Waals surface area contributed by atoms with Crippen molar-refractivity contribution in [1.29, 1.82) is 0 Å². The van der Waals surface area contributed by atoms with Crippen molar-refractivity contribution in [2.45, 2.75) is 12.7 Å². The lowest BCUT2D eigenvalue weighted by Gasteiger charge is -2.35. The quantitative estimate of drug-likeness (QED) is 0.924. The van der Waals surface area contributed by atoms with E-state index in [0.717, 1.165) is 5.56 Å². The maximum Gasteiger partial charge on any atom is 0.401 e. The molecule has 1 aromatic carbocycles. The Morgan fingerprint density at radius 1 is 1.14 bits per heavy atom. The van der Waals surface area contributed by atoms with Gasteiger partial charge in [-0.1, -0.05) is 0 Å². The van der Waals surface area contributed by atoms with Gasteiger partial charge in [0.05, 0.1) is 13.7 Å². The van der Waals surface area contributed by atoms with Gasteiger partial charge < -0.3 is 9.84 Å². The van der Waals surface area contributed by atoms with E-state index in [0.29, 0.717) is 38.5 Å². The molecule has 1 aliphatic rings. The Morgan fingerprint density at radius 3 is 2.33 bits per heavy atom. The van der Waals surface area contributed by atoms with Gasteiger partial charge in [-0.05, 0) is 18.2 Å². The molecule has 1 aromatic rings. The molecule has 0 spiro atoms. The van der Waals surface area contributed by atoms with Crippen molar-refractivity contribution in [3.63, 3.8) is 0 Å². The van der Waals surface area contributed by atoms with Gasteiger partial charge in [0.15, 0.2) is 0 Å². The molecule has 4 nitrogen and oxygen atoms in total. The van der Waals surface area contributed by atoms with Crippen LogP contribution in [0.2, 0.25) is 0 Å². The molecular formula is C14H19F3N2O2. The third-order valence-electron chi connectivity index (χ3n) is 3.55. The number of methoxy groups -OCH3 is 1. The molecule has 21 heavy (non-hydrogen) atoms. The highest BCUT2D eigenvalue weighted by Crippen LogP contribution is 2.25. The van der Waals surface area contributed by atoms with Crippen LogP contribution in [-0.4, -0.2) is 60.9 Å². The van der Waals surface area contributed by atoms with Crippen LogP contribution in [0.1, 0.15) is 5.56 Å². The Kier molecular flexibility index (Phi) is 4.95. The maximum atomic E-state index is 12.3. The Bertz CT molecular complexity index is 472. The topological polar surface area (TPSA) is 35.9 Å². The van der Waals surface area contributed by atoms with Crippen molar-refractivity contribution in [2.24, 2.45) is 0 Å². The van der Waals surface area contributed by atoms with E-state index < -0.39 is 12.7 Å². The van der Waals surface area contributed by atoms with Crippen LogP contribution in [0.5, 0.6) is 11.5 Å². The molecule has 1 aliphatic heterocycles. The molecule has 0 aliphatic carbocycles. The summed E-state index contributed by atoms with van der Waals surface area (Å²) in [4.78, 5) is 3.43. The van der Waals surface area contributed by atoms with Crippen molar-refractivity contribution < 1.29 is 23.0 Å². The van der Waals surface area contributed by atoms with Gasteiger partial charge in [-0.15, -0.1) is 0 Å². The van der Waals surface area contributed by atoms with Gasteiger partial charge in [0.25, 0.3) is 0 Å². The summed E-state index contributed by atoms with van der Waals surface area (Å²) in [5.74, 6) is 0.826. The zero-order chi connectivity index (χ0) is 15.5. The lowest BCUT2D eigenvalue weighted by Crippen LogP contribution is -2.48. The SMILES string of the molecule is COc1ccc(O)c(CN2CCN(CC(F)(F)F)CC2)c1. The first-order valence-electron chi connectivity index (χ1n) is 6.75. The van der Waals surface area contributed by atoms with Gasteiger partial charge in [0, 0.05) is 38.3 Å². The summed E-state index contributed by atoms with van der Waals surface area (Å²) in [5, 5.41) is 9.82. The molecule has 2 rings (SSSR count). The Labute approximate surface area is 121 Å². The fourth-order valence-corrected chi connectivity index (χ4v) is 2.42. The first-order valence-corrected chi connectivity index (χ1v) is 6.75. The second kappa shape index (κ2) is 6.53. The predicted molar refractivity (Wildman–Crippen MR) is 72.4 cm³/mol. The minimum atomic E-state index is -4.15. The lowest BCUT2D eigenvalue weighted by molar-refractivity contribution is -0.149. The van der Waals surface area contributed by atoms with E-state index in [-0.39, 0.29) is 5.75 Å². The fraction of sp³-hybridized carbons (Fsp3) is 0.571. The van der Waals surface area contributed by atoms with E-state index in [9.17, 15) is 18.3 Å². The number of alkyl halides is 3. The van der Waals surface area contributed by atoms with Crippen LogP contribution < -0.4 is 4.74 Å². The van der Waals surface area contributed by atoms with Crippen molar-refractivity contribution in [1.82, 2.24) is 9.80 Å². The number of piperazine rings is 1. The largest absolute Gasteiger partial charge is 0.508 e. The molecule has 0 radical (unpaired) electrons. The van der Waals surface area contributed by atoms with E-state index in [1.165, 1.54) is 4.90 Å².